The predicted molar refractivity (Wildman–Crippen MR) is 76.6 cm³/mol. The van der Waals surface area contributed by atoms with Crippen molar-refractivity contribution in [3.05, 3.63) is 44.2 Å². The van der Waals surface area contributed by atoms with Crippen LogP contribution in [0.5, 0.6) is 0 Å². The molecule has 0 radical (unpaired) electrons. The third kappa shape index (κ3) is 3.08. The maximum Gasteiger partial charge on any atom is 0.255 e. The van der Waals surface area contributed by atoms with Gasteiger partial charge in [-0.1, -0.05) is 0 Å². The van der Waals surface area contributed by atoms with Crippen LogP contribution in [0.3, 0.4) is 0 Å². The number of amides is 1. The van der Waals surface area contributed by atoms with Gasteiger partial charge < -0.3 is 11.1 Å². The molecule has 6 heteroatoms. The predicted octanol–water partition coefficient (Wildman–Crippen LogP) is 2.73. The fraction of sp³-hybridized carbons (Fsp3) is 0.167. The first kappa shape index (κ1) is 13.0. The van der Waals surface area contributed by atoms with Gasteiger partial charge in [0.2, 0.25) is 0 Å². The van der Waals surface area contributed by atoms with Crippen LogP contribution in [0.4, 0.5) is 5.82 Å². The molecule has 0 atom stereocenters. The Bertz CT molecular complexity index is 582. The van der Waals surface area contributed by atoms with Crippen molar-refractivity contribution in [2.75, 3.05) is 5.73 Å². The van der Waals surface area contributed by atoms with Crippen LogP contribution in [0.1, 0.15) is 20.1 Å². The van der Waals surface area contributed by atoms with Crippen LogP contribution >= 0.6 is 27.3 Å². The number of aryl methyl sites for hydroxylation is 1. The van der Waals surface area contributed by atoms with Crippen molar-refractivity contribution in [1.29, 1.82) is 0 Å². The molecule has 1 amide bonds. The molecule has 0 fully saturated rings. The van der Waals surface area contributed by atoms with Crippen molar-refractivity contribution in [3.63, 3.8) is 0 Å². The van der Waals surface area contributed by atoms with Crippen molar-refractivity contribution >= 4 is 39.0 Å². The highest BCUT2D eigenvalue weighted by Gasteiger charge is 2.11. The summed E-state index contributed by atoms with van der Waals surface area (Å²) in [6, 6.07) is 5.70. The van der Waals surface area contributed by atoms with Crippen LogP contribution in [0.2, 0.25) is 0 Å². The Morgan fingerprint density at radius 1 is 1.56 bits per heavy atom. The highest BCUT2D eigenvalue weighted by Crippen LogP contribution is 2.17. The highest BCUT2D eigenvalue weighted by atomic mass is 79.9. The molecule has 3 N–H and O–H groups in total. The first-order chi connectivity index (χ1) is 8.56. The Kier molecular flexibility index (Phi) is 3.98. The fourth-order valence-corrected chi connectivity index (χ4v) is 2.64. The number of nitrogens with one attached hydrogen (secondary N) is 1. The van der Waals surface area contributed by atoms with Crippen molar-refractivity contribution in [1.82, 2.24) is 10.3 Å². The molecule has 0 saturated heterocycles. The lowest BCUT2D eigenvalue weighted by Gasteiger charge is -2.06. The van der Waals surface area contributed by atoms with Gasteiger partial charge in [-0.3, -0.25) is 4.79 Å². The van der Waals surface area contributed by atoms with E-state index >= 15 is 0 Å². The minimum atomic E-state index is -0.215. The van der Waals surface area contributed by atoms with Crippen LogP contribution in [-0.2, 0) is 6.54 Å². The Labute approximate surface area is 117 Å². The minimum absolute atomic E-state index is 0.215. The monoisotopic (exact) mass is 325 g/mol. The van der Waals surface area contributed by atoms with Gasteiger partial charge in [0.25, 0.3) is 5.91 Å². The van der Waals surface area contributed by atoms with Crippen molar-refractivity contribution < 1.29 is 4.79 Å². The SMILES string of the molecule is Cc1ccc(CNC(=O)c2cc(Br)cnc2N)s1. The maximum absolute atomic E-state index is 12.0. The third-order valence-electron chi connectivity index (χ3n) is 2.35. The molecular weight excluding hydrogens is 314 g/mol. The van der Waals surface area contributed by atoms with E-state index in [9.17, 15) is 4.79 Å². The summed E-state index contributed by atoms with van der Waals surface area (Å²) in [5.41, 5.74) is 6.06. The van der Waals surface area contributed by atoms with Crippen LogP contribution < -0.4 is 11.1 Å². The normalized spacial score (nSPS) is 10.3. The second-order valence-corrected chi connectivity index (χ2v) is 6.07. The molecule has 0 saturated carbocycles. The Morgan fingerprint density at radius 3 is 3.00 bits per heavy atom. The van der Waals surface area contributed by atoms with E-state index in [-0.39, 0.29) is 11.7 Å². The Hall–Kier alpha value is -1.40. The number of anilines is 1. The zero-order valence-electron chi connectivity index (χ0n) is 9.74. The van der Waals surface area contributed by atoms with Gasteiger partial charge in [0.15, 0.2) is 0 Å². The number of thiophene rings is 1. The number of aromatic nitrogens is 1. The summed E-state index contributed by atoms with van der Waals surface area (Å²) in [6.07, 6.45) is 1.56. The Morgan fingerprint density at radius 2 is 2.33 bits per heavy atom. The van der Waals surface area contributed by atoms with Crippen LogP contribution in [0, 0.1) is 6.92 Å². The second kappa shape index (κ2) is 5.49. The number of carbonyl (C=O) groups is 1. The van der Waals surface area contributed by atoms with Gasteiger partial charge in [0.1, 0.15) is 5.82 Å². The molecule has 94 valence electrons. The van der Waals surface area contributed by atoms with E-state index in [4.69, 9.17) is 5.73 Å². The van der Waals surface area contributed by atoms with E-state index in [1.54, 1.807) is 23.6 Å². The van der Waals surface area contributed by atoms with E-state index in [1.807, 2.05) is 19.1 Å². The van der Waals surface area contributed by atoms with Crippen molar-refractivity contribution in [3.8, 4) is 0 Å². The summed E-state index contributed by atoms with van der Waals surface area (Å²) in [4.78, 5) is 18.2. The number of pyridine rings is 1. The maximum atomic E-state index is 12.0. The zero-order chi connectivity index (χ0) is 13.1. The van der Waals surface area contributed by atoms with Gasteiger partial charge in [0, 0.05) is 20.4 Å². The van der Waals surface area contributed by atoms with Crippen LogP contribution in [-0.4, -0.2) is 10.9 Å². The zero-order valence-corrected chi connectivity index (χ0v) is 12.1. The standard InChI is InChI=1S/C12H12BrN3OS/c1-7-2-3-9(18-7)6-16-12(17)10-4-8(13)5-15-11(10)14/h2-5H,6H2,1H3,(H2,14,15)(H,16,17). The van der Waals surface area contributed by atoms with E-state index in [0.717, 1.165) is 9.35 Å². The molecule has 0 aliphatic carbocycles. The molecule has 18 heavy (non-hydrogen) atoms. The first-order valence-corrected chi connectivity index (χ1v) is 6.92. The number of nitrogen functional groups attached to an aromatic ring is 1. The van der Waals surface area contributed by atoms with E-state index in [1.165, 1.54) is 4.88 Å². The first-order valence-electron chi connectivity index (χ1n) is 5.31. The molecule has 0 aromatic carbocycles. The molecule has 0 aliphatic heterocycles. The van der Waals surface area contributed by atoms with Gasteiger partial charge in [-0.05, 0) is 41.1 Å². The van der Waals surface area contributed by atoms with Crippen LogP contribution in [0.15, 0.2) is 28.9 Å². The lowest BCUT2D eigenvalue weighted by molar-refractivity contribution is 0.0952. The molecule has 4 nitrogen and oxygen atoms in total. The number of halogens is 1. The lowest BCUT2D eigenvalue weighted by atomic mass is 10.2. The number of hydrogen-bond acceptors (Lipinski definition) is 4. The molecule has 2 aromatic heterocycles. The number of carbonyl (C=O) groups excluding carboxylic acids is 1. The molecule has 0 bridgehead atoms. The van der Waals surface area contributed by atoms with E-state index < -0.39 is 0 Å². The Balaban J connectivity index is 2.05. The topological polar surface area (TPSA) is 68.0 Å². The fourth-order valence-electron chi connectivity index (χ4n) is 1.47. The van der Waals surface area contributed by atoms with Gasteiger partial charge in [-0.15, -0.1) is 11.3 Å². The van der Waals surface area contributed by atoms with Crippen LogP contribution in [0.25, 0.3) is 0 Å². The molecule has 0 spiro atoms. The van der Waals surface area contributed by atoms with Gasteiger partial charge in [-0.25, -0.2) is 4.98 Å². The summed E-state index contributed by atoms with van der Waals surface area (Å²) in [5.74, 6) is 0.0189. The average Bonchev–Trinajstić information content (AvgIpc) is 2.75. The molecule has 2 rings (SSSR count). The lowest BCUT2D eigenvalue weighted by Crippen LogP contribution is -2.23. The van der Waals surface area contributed by atoms with Gasteiger partial charge >= 0.3 is 0 Å². The smallest absolute Gasteiger partial charge is 0.255 e. The van der Waals surface area contributed by atoms with E-state index in [0.29, 0.717) is 12.1 Å². The third-order valence-corrected chi connectivity index (χ3v) is 3.78. The summed E-state index contributed by atoms with van der Waals surface area (Å²) in [6.45, 7) is 2.54. The molecule has 2 aromatic rings. The summed E-state index contributed by atoms with van der Waals surface area (Å²) in [5, 5.41) is 2.83. The van der Waals surface area contributed by atoms with Gasteiger partial charge in [0.05, 0.1) is 12.1 Å². The number of rotatable bonds is 3. The number of nitrogens with two attached hydrogens (primary N) is 1. The molecular formula is C12H12BrN3OS. The number of nitrogens with zero attached hydrogens (tertiary/aromatic N) is 1. The van der Waals surface area contributed by atoms with E-state index in [2.05, 4.69) is 26.2 Å². The molecule has 0 unspecified atom stereocenters. The second-order valence-electron chi connectivity index (χ2n) is 3.78. The molecule has 0 aliphatic rings. The highest BCUT2D eigenvalue weighted by molar-refractivity contribution is 9.10. The average molecular weight is 326 g/mol. The minimum Gasteiger partial charge on any atom is -0.383 e. The largest absolute Gasteiger partial charge is 0.383 e. The summed E-state index contributed by atoms with van der Waals surface area (Å²) < 4.78 is 0.730. The quantitative estimate of drug-likeness (QED) is 0.911. The van der Waals surface area contributed by atoms with Crippen molar-refractivity contribution in [2.24, 2.45) is 0 Å². The van der Waals surface area contributed by atoms with Crippen molar-refractivity contribution in [2.45, 2.75) is 13.5 Å². The molecule has 2 heterocycles. The summed E-state index contributed by atoms with van der Waals surface area (Å²) in [7, 11) is 0. The van der Waals surface area contributed by atoms with Gasteiger partial charge in [-0.2, -0.15) is 0 Å². The summed E-state index contributed by atoms with van der Waals surface area (Å²) >= 11 is 4.93. The number of hydrogen-bond donors (Lipinski definition) is 2.